The molecule has 3 aromatic rings. The summed E-state index contributed by atoms with van der Waals surface area (Å²) in [6, 6.07) is 11.1. The fourth-order valence-corrected chi connectivity index (χ4v) is 2.63. The number of rotatable bonds is 5. The first kappa shape index (κ1) is 16.7. The van der Waals surface area contributed by atoms with Gasteiger partial charge >= 0.3 is 0 Å². The van der Waals surface area contributed by atoms with Gasteiger partial charge in [-0.2, -0.15) is 0 Å². The molecule has 0 atom stereocenters. The van der Waals surface area contributed by atoms with Gasteiger partial charge in [0, 0.05) is 37.4 Å². The van der Waals surface area contributed by atoms with Gasteiger partial charge in [0.1, 0.15) is 5.75 Å². The summed E-state index contributed by atoms with van der Waals surface area (Å²) in [5.74, 6) is 2.64. The summed E-state index contributed by atoms with van der Waals surface area (Å²) in [4.78, 5) is 6.35. The third-order valence-electron chi connectivity index (χ3n) is 3.89. The van der Waals surface area contributed by atoms with E-state index in [1.54, 1.807) is 20.4 Å². The predicted molar refractivity (Wildman–Crippen MR) is 100 cm³/mol. The predicted octanol–water partition coefficient (Wildman–Crippen LogP) is 3.69. The number of hydrogen-bond acceptors (Lipinski definition) is 6. The van der Waals surface area contributed by atoms with E-state index in [0.29, 0.717) is 28.7 Å². The van der Waals surface area contributed by atoms with Crippen molar-refractivity contribution in [1.29, 1.82) is 0 Å². The van der Waals surface area contributed by atoms with Crippen LogP contribution in [0.25, 0.3) is 10.9 Å². The Morgan fingerprint density at radius 1 is 0.880 bits per heavy atom. The molecular formula is C19H21N3O3. The number of nitrogen functional groups attached to an aromatic ring is 1. The second-order valence-corrected chi connectivity index (χ2v) is 5.76. The Kier molecular flexibility index (Phi) is 4.52. The quantitative estimate of drug-likeness (QED) is 0.715. The zero-order valence-corrected chi connectivity index (χ0v) is 14.7. The van der Waals surface area contributed by atoms with Crippen LogP contribution in [0.3, 0.4) is 0 Å². The number of methoxy groups -OCH3 is 2. The first-order valence-electron chi connectivity index (χ1n) is 7.79. The average Bonchev–Trinajstić information content (AvgIpc) is 2.62. The van der Waals surface area contributed by atoms with Gasteiger partial charge in [-0.1, -0.05) is 0 Å². The van der Waals surface area contributed by atoms with E-state index in [0.717, 1.165) is 16.6 Å². The van der Waals surface area contributed by atoms with Crippen LogP contribution in [0.2, 0.25) is 0 Å². The minimum absolute atomic E-state index is 0.623. The molecule has 0 unspecified atom stereocenters. The van der Waals surface area contributed by atoms with Crippen LogP contribution < -0.4 is 24.8 Å². The summed E-state index contributed by atoms with van der Waals surface area (Å²) >= 11 is 0. The number of nitrogens with two attached hydrogens (primary N) is 1. The zero-order valence-electron chi connectivity index (χ0n) is 14.7. The molecule has 130 valence electrons. The molecule has 2 aromatic carbocycles. The van der Waals surface area contributed by atoms with E-state index in [-0.39, 0.29) is 0 Å². The van der Waals surface area contributed by atoms with Gasteiger partial charge in [-0.3, -0.25) is 4.98 Å². The largest absolute Gasteiger partial charge is 0.493 e. The topological polar surface area (TPSA) is 69.8 Å². The monoisotopic (exact) mass is 339 g/mol. The van der Waals surface area contributed by atoms with Crippen molar-refractivity contribution in [3.63, 3.8) is 0 Å². The van der Waals surface area contributed by atoms with Gasteiger partial charge in [-0.15, -0.1) is 0 Å². The lowest BCUT2D eigenvalue weighted by molar-refractivity contribution is 0.355. The van der Waals surface area contributed by atoms with Crippen LogP contribution in [0.5, 0.6) is 23.0 Å². The number of anilines is 2. The van der Waals surface area contributed by atoms with Gasteiger partial charge in [-0.25, -0.2) is 0 Å². The number of aromatic nitrogens is 1. The van der Waals surface area contributed by atoms with E-state index < -0.39 is 0 Å². The Morgan fingerprint density at radius 3 is 2.28 bits per heavy atom. The molecule has 0 aliphatic carbocycles. The van der Waals surface area contributed by atoms with E-state index in [4.69, 9.17) is 19.9 Å². The lowest BCUT2D eigenvalue weighted by atomic mass is 10.1. The molecule has 6 nitrogen and oxygen atoms in total. The van der Waals surface area contributed by atoms with Crippen molar-refractivity contribution in [2.75, 3.05) is 38.9 Å². The molecule has 0 fully saturated rings. The molecule has 0 spiro atoms. The van der Waals surface area contributed by atoms with E-state index in [1.807, 2.05) is 55.4 Å². The molecule has 3 rings (SSSR count). The number of fused-ring (bicyclic) bond motifs is 1. The van der Waals surface area contributed by atoms with Gasteiger partial charge in [0.05, 0.1) is 25.4 Å². The normalized spacial score (nSPS) is 10.6. The van der Waals surface area contributed by atoms with Crippen LogP contribution in [0, 0.1) is 0 Å². The van der Waals surface area contributed by atoms with Crippen LogP contribution in [0.1, 0.15) is 0 Å². The second-order valence-electron chi connectivity index (χ2n) is 5.76. The van der Waals surface area contributed by atoms with Crippen molar-refractivity contribution in [3.05, 3.63) is 42.6 Å². The number of pyridine rings is 1. The lowest BCUT2D eigenvalue weighted by Crippen LogP contribution is -2.10. The molecule has 2 N–H and O–H groups in total. The molecule has 6 heteroatoms. The van der Waals surface area contributed by atoms with Crippen molar-refractivity contribution in [3.8, 4) is 23.0 Å². The highest BCUT2D eigenvalue weighted by molar-refractivity contribution is 5.88. The second kappa shape index (κ2) is 6.76. The maximum Gasteiger partial charge on any atom is 0.162 e. The highest BCUT2D eigenvalue weighted by Gasteiger charge is 2.13. The fourth-order valence-electron chi connectivity index (χ4n) is 2.63. The SMILES string of the molecule is COc1cc2nccc(Oc3ccc(N)cc3N(C)C)c2cc1OC. The first-order valence-corrected chi connectivity index (χ1v) is 7.79. The van der Waals surface area contributed by atoms with Crippen molar-refractivity contribution in [2.24, 2.45) is 0 Å². The Balaban J connectivity index is 2.11. The zero-order chi connectivity index (χ0) is 18.0. The highest BCUT2D eigenvalue weighted by Crippen LogP contribution is 2.39. The van der Waals surface area contributed by atoms with Gasteiger partial charge in [0.2, 0.25) is 0 Å². The van der Waals surface area contributed by atoms with E-state index in [9.17, 15) is 0 Å². The highest BCUT2D eigenvalue weighted by atomic mass is 16.5. The van der Waals surface area contributed by atoms with E-state index >= 15 is 0 Å². The third-order valence-corrected chi connectivity index (χ3v) is 3.89. The smallest absolute Gasteiger partial charge is 0.162 e. The Labute approximate surface area is 146 Å². The van der Waals surface area contributed by atoms with Gasteiger partial charge < -0.3 is 24.8 Å². The van der Waals surface area contributed by atoms with Crippen LogP contribution >= 0.6 is 0 Å². The molecule has 0 saturated carbocycles. The Morgan fingerprint density at radius 2 is 1.60 bits per heavy atom. The Hall–Kier alpha value is -3.15. The summed E-state index contributed by atoms with van der Waals surface area (Å²) in [7, 11) is 7.09. The summed E-state index contributed by atoms with van der Waals surface area (Å²) in [6.45, 7) is 0. The lowest BCUT2D eigenvalue weighted by Gasteiger charge is -2.19. The average molecular weight is 339 g/mol. The number of ether oxygens (including phenoxy) is 3. The molecule has 25 heavy (non-hydrogen) atoms. The maximum atomic E-state index is 6.18. The molecular weight excluding hydrogens is 318 g/mol. The molecule has 0 amide bonds. The summed E-state index contributed by atoms with van der Waals surface area (Å²) in [5, 5.41) is 0.835. The van der Waals surface area contributed by atoms with Crippen LogP contribution in [-0.4, -0.2) is 33.3 Å². The van der Waals surface area contributed by atoms with Crippen molar-refractivity contribution in [1.82, 2.24) is 4.98 Å². The molecule has 0 radical (unpaired) electrons. The minimum Gasteiger partial charge on any atom is -0.493 e. The van der Waals surface area contributed by atoms with Crippen molar-refractivity contribution < 1.29 is 14.2 Å². The summed E-state index contributed by atoms with van der Waals surface area (Å²) in [5.41, 5.74) is 8.23. The van der Waals surface area contributed by atoms with E-state index in [1.165, 1.54) is 0 Å². The third kappa shape index (κ3) is 3.24. The molecule has 0 bridgehead atoms. The summed E-state index contributed by atoms with van der Waals surface area (Å²) < 4.78 is 16.9. The van der Waals surface area contributed by atoms with Crippen LogP contribution in [0.15, 0.2) is 42.6 Å². The van der Waals surface area contributed by atoms with Gasteiger partial charge in [0.15, 0.2) is 17.2 Å². The van der Waals surface area contributed by atoms with Gasteiger partial charge in [-0.05, 0) is 30.3 Å². The number of nitrogens with zero attached hydrogens (tertiary/aromatic N) is 2. The molecule has 1 heterocycles. The molecule has 0 aliphatic rings. The van der Waals surface area contributed by atoms with Crippen molar-refractivity contribution >= 4 is 22.3 Å². The number of hydrogen-bond donors (Lipinski definition) is 1. The van der Waals surface area contributed by atoms with Crippen LogP contribution in [0.4, 0.5) is 11.4 Å². The van der Waals surface area contributed by atoms with Gasteiger partial charge in [0.25, 0.3) is 0 Å². The maximum absolute atomic E-state index is 6.18. The number of benzene rings is 2. The van der Waals surface area contributed by atoms with E-state index in [2.05, 4.69) is 4.98 Å². The fraction of sp³-hybridized carbons (Fsp3) is 0.211. The standard InChI is InChI=1S/C19H21N3O3/c1-22(2)15-9-12(20)5-6-17(15)25-16-7-8-21-14-11-19(24-4)18(23-3)10-13(14)16/h5-11H,20H2,1-4H3. The summed E-state index contributed by atoms with van der Waals surface area (Å²) in [6.07, 6.45) is 1.70. The van der Waals surface area contributed by atoms with Crippen molar-refractivity contribution in [2.45, 2.75) is 0 Å². The first-order chi connectivity index (χ1) is 12.0. The molecule has 1 aromatic heterocycles. The molecule has 0 aliphatic heterocycles. The Bertz CT molecular complexity index is 910. The minimum atomic E-state index is 0.623. The molecule has 0 saturated heterocycles. The van der Waals surface area contributed by atoms with Crippen LogP contribution in [-0.2, 0) is 0 Å².